The zero-order chi connectivity index (χ0) is 25.2. The third-order valence-corrected chi connectivity index (χ3v) is 7.03. The number of carboxylic acids is 1. The third kappa shape index (κ3) is 5.83. The number of nitrogens with one attached hydrogen (secondary N) is 1. The molecule has 0 spiro atoms. The second-order valence-corrected chi connectivity index (χ2v) is 9.36. The average Bonchev–Trinajstić information content (AvgIpc) is 3.32. The molecule has 9 heteroatoms. The number of hydrogen-bond donors (Lipinski definition) is 2. The normalized spacial score (nSPS) is 24.8. The van der Waals surface area contributed by atoms with E-state index in [1.165, 1.54) is 0 Å². The van der Waals surface area contributed by atoms with Crippen molar-refractivity contribution in [1.82, 2.24) is 0 Å². The summed E-state index contributed by atoms with van der Waals surface area (Å²) in [5.74, 6) is -4.97. The SMILES string of the molecule is O=C(O)[C@@H]1[C@@H](c2ccc(C[C@H]3CCOC3)cc2)CCC[C@H]1C(=O)Nc1ccc(C(F)(F)F)cc1F. The van der Waals surface area contributed by atoms with Crippen LogP contribution in [0.25, 0.3) is 0 Å². The minimum atomic E-state index is -4.71. The third-order valence-electron chi connectivity index (χ3n) is 7.03. The Kier molecular flexibility index (Phi) is 7.44. The van der Waals surface area contributed by atoms with Crippen LogP contribution in [0, 0.1) is 23.6 Å². The molecule has 35 heavy (non-hydrogen) atoms. The number of carbonyl (C=O) groups excluding carboxylic acids is 1. The molecule has 1 aliphatic carbocycles. The van der Waals surface area contributed by atoms with Crippen molar-refractivity contribution in [3.63, 3.8) is 0 Å². The molecule has 188 valence electrons. The van der Waals surface area contributed by atoms with Gasteiger partial charge in [-0.25, -0.2) is 4.39 Å². The van der Waals surface area contributed by atoms with Gasteiger partial charge in [-0.1, -0.05) is 30.7 Å². The Morgan fingerprint density at radius 3 is 2.40 bits per heavy atom. The zero-order valence-corrected chi connectivity index (χ0v) is 19.0. The summed E-state index contributed by atoms with van der Waals surface area (Å²) in [7, 11) is 0. The number of aliphatic carboxylic acids is 1. The fraction of sp³-hybridized carbons (Fsp3) is 0.462. The highest BCUT2D eigenvalue weighted by Crippen LogP contribution is 2.42. The number of carbonyl (C=O) groups is 2. The first-order chi connectivity index (χ1) is 16.6. The molecule has 2 fully saturated rings. The van der Waals surface area contributed by atoms with E-state index in [0.29, 0.717) is 37.3 Å². The van der Waals surface area contributed by atoms with E-state index in [2.05, 4.69) is 5.32 Å². The van der Waals surface area contributed by atoms with Gasteiger partial charge in [-0.3, -0.25) is 9.59 Å². The largest absolute Gasteiger partial charge is 0.481 e. The molecule has 0 aromatic heterocycles. The number of halogens is 4. The maximum absolute atomic E-state index is 14.2. The molecule has 4 rings (SSSR count). The number of ether oxygens (including phenoxy) is 1. The summed E-state index contributed by atoms with van der Waals surface area (Å²) in [5, 5.41) is 12.3. The molecule has 2 aromatic carbocycles. The average molecular weight is 493 g/mol. The first-order valence-corrected chi connectivity index (χ1v) is 11.7. The van der Waals surface area contributed by atoms with Crippen molar-refractivity contribution in [3.05, 3.63) is 65.0 Å². The molecule has 0 radical (unpaired) electrons. The highest BCUT2D eigenvalue weighted by Gasteiger charge is 2.43. The van der Waals surface area contributed by atoms with Gasteiger partial charge in [0.15, 0.2) is 0 Å². The van der Waals surface area contributed by atoms with Crippen LogP contribution >= 0.6 is 0 Å². The van der Waals surface area contributed by atoms with Crippen LogP contribution in [0.3, 0.4) is 0 Å². The summed E-state index contributed by atoms with van der Waals surface area (Å²) < 4.78 is 58.1. The van der Waals surface area contributed by atoms with Crippen molar-refractivity contribution in [2.75, 3.05) is 18.5 Å². The predicted molar refractivity (Wildman–Crippen MR) is 120 cm³/mol. The molecule has 0 unspecified atom stereocenters. The highest BCUT2D eigenvalue weighted by atomic mass is 19.4. The Balaban J connectivity index is 1.49. The standard InChI is InChI=1S/C26H27F4NO4/c27-21-13-18(26(28,29)30)8-9-22(21)31-24(32)20-3-1-2-19(23(20)25(33)34)17-6-4-15(5-7-17)12-16-10-11-35-14-16/h4-9,13,16,19-20,23H,1-3,10-12,14H2,(H,31,32)(H,33,34)/t16-,19-,20-,23-/m1/s1. The number of rotatable bonds is 6. The van der Waals surface area contributed by atoms with E-state index in [1.807, 2.05) is 24.3 Å². The van der Waals surface area contributed by atoms with Crippen molar-refractivity contribution < 1.29 is 37.0 Å². The predicted octanol–water partition coefficient (Wildman–Crippen LogP) is 5.65. The number of alkyl halides is 3. The van der Waals surface area contributed by atoms with Gasteiger partial charge >= 0.3 is 12.1 Å². The Labute approximate surface area is 200 Å². The molecule has 2 N–H and O–H groups in total. The molecule has 2 aliphatic rings. The maximum atomic E-state index is 14.2. The van der Waals surface area contributed by atoms with Gasteiger partial charge < -0.3 is 15.2 Å². The van der Waals surface area contributed by atoms with Crippen LogP contribution in [0.15, 0.2) is 42.5 Å². The van der Waals surface area contributed by atoms with Crippen LogP contribution in [-0.2, 0) is 26.9 Å². The van der Waals surface area contributed by atoms with E-state index in [-0.39, 0.29) is 0 Å². The molecular weight excluding hydrogens is 466 g/mol. The quantitative estimate of drug-likeness (QED) is 0.511. The smallest absolute Gasteiger partial charge is 0.416 e. The number of carboxylic acid groups (broad SMARTS) is 1. The van der Waals surface area contributed by atoms with Gasteiger partial charge in [-0.15, -0.1) is 0 Å². The van der Waals surface area contributed by atoms with Gasteiger partial charge in [-0.05, 0) is 66.8 Å². The number of benzene rings is 2. The van der Waals surface area contributed by atoms with E-state index in [1.54, 1.807) is 0 Å². The lowest BCUT2D eigenvalue weighted by Crippen LogP contribution is -2.40. The molecule has 5 nitrogen and oxygen atoms in total. The summed E-state index contributed by atoms with van der Waals surface area (Å²) in [5.41, 5.74) is 0.383. The van der Waals surface area contributed by atoms with E-state index < -0.39 is 52.9 Å². The summed E-state index contributed by atoms with van der Waals surface area (Å²) in [6.45, 7) is 1.51. The van der Waals surface area contributed by atoms with Crippen molar-refractivity contribution in [3.8, 4) is 0 Å². The van der Waals surface area contributed by atoms with Gasteiger partial charge in [0.2, 0.25) is 5.91 Å². The van der Waals surface area contributed by atoms with Crippen molar-refractivity contribution in [1.29, 1.82) is 0 Å². The molecule has 1 aliphatic heterocycles. The van der Waals surface area contributed by atoms with Crippen LogP contribution in [-0.4, -0.2) is 30.2 Å². The molecule has 4 atom stereocenters. The molecule has 1 saturated heterocycles. The maximum Gasteiger partial charge on any atom is 0.416 e. The van der Waals surface area contributed by atoms with Crippen molar-refractivity contribution in [2.24, 2.45) is 17.8 Å². The van der Waals surface area contributed by atoms with Gasteiger partial charge in [0, 0.05) is 13.2 Å². The Bertz CT molecular complexity index is 1060. The second-order valence-electron chi connectivity index (χ2n) is 9.36. The molecular formula is C26H27F4NO4. The summed E-state index contributed by atoms with van der Waals surface area (Å²) in [6, 6.07) is 9.61. The fourth-order valence-corrected chi connectivity index (χ4v) is 5.21. The van der Waals surface area contributed by atoms with Crippen molar-refractivity contribution in [2.45, 2.75) is 44.2 Å². The fourth-order valence-electron chi connectivity index (χ4n) is 5.21. The van der Waals surface area contributed by atoms with Crippen LogP contribution in [0.4, 0.5) is 23.2 Å². The lowest BCUT2D eigenvalue weighted by atomic mass is 9.69. The van der Waals surface area contributed by atoms with Gasteiger partial charge in [0.25, 0.3) is 0 Å². The molecule has 2 aromatic rings. The lowest BCUT2D eigenvalue weighted by Gasteiger charge is -2.35. The van der Waals surface area contributed by atoms with Crippen molar-refractivity contribution >= 4 is 17.6 Å². The number of anilines is 1. The van der Waals surface area contributed by atoms with E-state index in [9.17, 15) is 32.3 Å². The molecule has 1 amide bonds. The van der Waals surface area contributed by atoms with E-state index in [4.69, 9.17) is 4.74 Å². The van der Waals surface area contributed by atoms with Gasteiger partial charge in [0.05, 0.1) is 23.1 Å². The number of amides is 1. The zero-order valence-electron chi connectivity index (χ0n) is 19.0. The number of hydrogen-bond acceptors (Lipinski definition) is 3. The van der Waals surface area contributed by atoms with Crippen LogP contribution < -0.4 is 5.32 Å². The van der Waals surface area contributed by atoms with Crippen LogP contribution in [0.5, 0.6) is 0 Å². The first-order valence-electron chi connectivity index (χ1n) is 11.7. The lowest BCUT2D eigenvalue weighted by molar-refractivity contribution is -0.148. The Morgan fingerprint density at radius 2 is 1.80 bits per heavy atom. The Morgan fingerprint density at radius 1 is 1.06 bits per heavy atom. The second kappa shape index (κ2) is 10.4. The summed E-state index contributed by atoms with van der Waals surface area (Å²) >= 11 is 0. The molecule has 0 bridgehead atoms. The van der Waals surface area contributed by atoms with Crippen LogP contribution in [0.2, 0.25) is 0 Å². The Hall–Kier alpha value is -2.94. The summed E-state index contributed by atoms with van der Waals surface area (Å²) in [4.78, 5) is 25.2. The molecule has 1 heterocycles. The van der Waals surface area contributed by atoms with Gasteiger partial charge in [-0.2, -0.15) is 13.2 Å². The van der Waals surface area contributed by atoms with E-state index in [0.717, 1.165) is 43.2 Å². The monoisotopic (exact) mass is 493 g/mol. The minimum absolute atomic E-state index is 0.293. The topological polar surface area (TPSA) is 75.6 Å². The van der Waals surface area contributed by atoms with Crippen LogP contribution in [0.1, 0.15) is 48.3 Å². The first kappa shape index (κ1) is 25.2. The highest BCUT2D eigenvalue weighted by molar-refractivity contribution is 5.95. The van der Waals surface area contributed by atoms with E-state index >= 15 is 0 Å². The molecule has 1 saturated carbocycles. The van der Waals surface area contributed by atoms with Gasteiger partial charge in [0.1, 0.15) is 5.82 Å². The minimum Gasteiger partial charge on any atom is -0.481 e. The summed E-state index contributed by atoms with van der Waals surface area (Å²) in [6.07, 6.45) is -1.33.